The van der Waals surface area contributed by atoms with E-state index in [2.05, 4.69) is 25.7 Å². The van der Waals surface area contributed by atoms with Gasteiger partial charge in [0.25, 0.3) is 0 Å². The zero-order valence-corrected chi connectivity index (χ0v) is 16.1. The molecule has 3 aromatic heterocycles. The minimum Gasteiger partial charge on any atom is -0.495 e. The summed E-state index contributed by atoms with van der Waals surface area (Å²) >= 11 is 0. The van der Waals surface area contributed by atoms with E-state index in [0.29, 0.717) is 17.9 Å². The minimum absolute atomic E-state index is 0.00970. The molecule has 1 fully saturated rings. The molecule has 4 rings (SSSR count). The van der Waals surface area contributed by atoms with Gasteiger partial charge in [0, 0.05) is 24.7 Å². The van der Waals surface area contributed by atoms with Gasteiger partial charge in [0.1, 0.15) is 22.8 Å². The number of nitrogens with zero attached hydrogens (tertiary/aromatic N) is 4. The topological polar surface area (TPSA) is 96.6 Å². The van der Waals surface area contributed by atoms with E-state index in [4.69, 9.17) is 4.74 Å². The van der Waals surface area contributed by atoms with Gasteiger partial charge in [-0.1, -0.05) is 0 Å². The Hall–Kier alpha value is -2.85. The fourth-order valence-corrected chi connectivity index (χ4v) is 3.44. The Morgan fingerprint density at radius 2 is 2.17 bits per heavy atom. The molecule has 0 bridgehead atoms. The molecule has 1 aliphatic rings. The Kier molecular flexibility index (Phi) is 5.29. The molecule has 0 aromatic carbocycles. The van der Waals surface area contributed by atoms with Crippen LogP contribution in [-0.4, -0.2) is 50.9 Å². The first-order valence-corrected chi connectivity index (χ1v) is 9.42. The Bertz CT molecular complexity index is 1030. The number of hydrogen-bond donors (Lipinski definition) is 3. The number of piperidine rings is 1. The molecule has 29 heavy (non-hydrogen) atoms. The molecule has 154 valence electrons. The lowest BCUT2D eigenvalue weighted by molar-refractivity contribution is 0.187. The second-order valence-electron chi connectivity index (χ2n) is 7.02. The number of ether oxygens (including phenoxy) is 1. The average Bonchev–Trinajstić information content (AvgIpc) is 3.12. The zero-order valence-electron chi connectivity index (χ0n) is 16.1. The molecule has 0 aliphatic carbocycles. The van der Waals surface area contributed by atoms with Gasteiger partial charge in [-0.25, -0.2) is 23.3 Å². The van der Waals surface area contributed by atoms with E-state index in [1.807, 2.05) is 0 Å². The summed E-state index contributed by atoms with van der Waals surface area (Å²) in [6.07, 6.45) is 2.33. The molecular weight excluding hydrogens is 382 g/mol. The fourth-order valence-electron chi connectivity index (χ4n) is 3.44. The summed E-state index contributed by atoms with van der Waals surface area (Å²) in [5.74, 6) is -1.24. The molecule has 1 saturated heterocycles. The predicted molar refractivity (Wildman–Crippen MR) is 103 cm³/mol. The fraction of sp³-hybridized carbons (Fsp3) is 0.421. The first-order valence-electron chi connectivity index (χ1n) is 9.42. The monoisotopic (exact) mass is 404 g/mol. The maximum atomic E-state index is 14.6. The van der Waals surface area contributed by atoms with Crippen LogP contribution in [0.15, 0.2) is 18.3 Å². The summed E-state index contributed by atoms with van der Waals surface area (Å²) in [5.41, 5.74) is 0.817. The van der Waals surface area contributed by atoms with Gasteiger partial charge in [-0.15, -0.1) is 0 Å². The molecule has 8 nitrogen and oxygen atoms in total. The number of fused-ring (bicyclic) bond motifs is 1. The maximum Gasteiger partial charge on any atom is 0.168 e. The first kappa shape index (κ1) is 19.5. The van der Waals surface area contributed by atoms with E-state index < -0.39 is 17.7 Å². The Labute approximate surface area is 165 Å². The molecule has 2 atom stereocenters. The van der Waals surface area contributed by atoms with E-state index in [1.54, 1.807) is 13.0 Å². The summed E-state index contributed by atoms with van der Waals surface area (Å²) in [6.45, 7) is 3.15. The van der Waals surface area contributed by atoms with Gasteiger partial charge in [-0.3, -0.25) is 0 Å². The summed E-state index contributed by atoms with van der Waals surface area (Å²) in [4.78, 5) is 8.41. The van der Waals surface area contributed by atoms with Crippen LogP contribution in [0.2, 0.25) is 0 Å². The van der Waals surface area contributed by atoms with Gasteiger partial charge in [-0.2, -0.15) is 5.10 Å². The van der Waals surface area contributed by atoms with E-state index in [1.165, 1.54) is 17.8 Å². The Balaban J connectivity index is 1.78. The van der Waals surface area contributed by atoms with Crippen molar-refractivity contribution in [1.82, 2.24) is 24.9 Å². The normalized spacial score (nSPS) is 18.0. The molecule has 3 aromatic rings. The molecule has 0 amide bonds. The molecule has 3 N–H and O–H groups in total. The standard InChI is InChI=1S/C19H22F2N6O2/c1-10(28)17-15(29-2)7-16-23-9-14(27(16)26-17)18-12(20)6-13(21)19(25-18)24-11-4-3-5-22-8-11/h6-7,9-11,22,28H,3-5,8H2,1-2H3,(H,24,25). The van der Waals surface area contributed by atoms with E-state index in [0.717, 1.165) is 25.5 Å². The lowest BCUT2D eigenvalue weighted by atomic mass is 10.1. The predicted octanol–water partition coefficient (Wildman–Crippen LogP) is 2.30. The second-order valence-corrected chi connectivity index (χ2v) is 7.02. The van der Waals surface area contributed by atoms with Gasteiger partial charge in [0.2, 0.25) is 0 Å². The lowest BCUT2D eigenvalue weighted by Crippen LogP contribution is -2.38. The highest BCUT2D eigenvalue weighted by Crippen LogP contribution is 2.29. The molecule has 0 saturated carbocycles. The Morgan fingerprint density at radius 1 is 1.34 bits per heavy atom. The van der Waals surface area contributed by atoms with Crippen LogP contribution in [0.25, 0.3) is 17.0 Å². The molecule has 10 heteroatoms. The number of rotatable bonds is 5. The van der Waals surface area contributed by atoms with Crippen molar-refractivity contribution in [3.63, 3.8) is 0 Å². The first-order chi connectivity index (χ1) is 14.0. The van der Waals surface area contributed by atoms with E-state index in [9.17, 15) is 13.9 Å². The molecule has 0 spiro atoms. The van der Waals surface area contributed by atoms with Crippen LogP contribution in [0.5, 0.6) is 5.75 Å². The van der Waals surface area contributed by atoms with Gasteiger partial charge < -0.3 is 20.5 Å². The van der Waals surface area contributed by atoms with Gasteiger partial charge in [-0.05, 0) is 26.3 Å². The smallest absolute Gasteiger partial charge is 0.168 e. The number of imidazole rings is 1. The van der Waals surface area contributed by atoms with Gasteiger partial charge >= 0.3 is 0 Å². The summed E-state index contributed by atoms with van der Waals surface area (Å²) in [6, 6.07) is 2.40. The number of hydrogen-bond acceptors (Lipinski definition) is 7. The van der Waals surface area contributed by atoms with Crippen LogP contribution < -0.4 is 15.4 Å². The van der Waals surface area contributed by atoms with Crippen molar-refractivity contribution < 1.29 is 18.6 Å². The van der Waals surface area contributed by atoms with Crippen LogP contribution in [0.3, 0.4) is 0 Å². The van der Waals surface area contributed by atoms with Gasteiger partial charge in [0.05, 0.1) is 19.4 Å². The van der Waals surface area contributed by atoms with Crippen molar-refractivity contribution in [3.05, 3.63) is 35.7 Å². The van der Waals surface area contributed by atoms with Crippen molar-refractivity contribution in [3.8, 4) is 17.1 Å². The van der Waals surface area contributed by atoms with Crippen LogP contribution in [-0.2, 0) is 0 Å². The summed E-state index contributed by atoms with van der Waals surface area (Å²) < 4.78 is 35.6. The van der Waals surface area contributed by atoms with Crippen LogP contribution >= 0.6 is 0 Å². The third-order valence-electron chi connectivity index (χ3n) is 4.91. The summed E-state index contributed by atoms with van der Waals surface area (Å²) in [5, 5.41) is 20.6. The Morgan fingerprint density at radius 3 is 2.86 bits per heavy atom. The third-order valence-corrected chi connectivity index (χ3v) is 4.91. The van der Waals surface area contributed by atoms with Crippen molar-refractivity contribution in [2.75, 3.05) is 25.5 Å². The lowest BCUT2D eigenvalue weighted by Gasteiger charge is -2.24. The molecule has 4 heterocycles. The number of aliphatic hydroxyl groups is 1. The van der Waals surface area contributed by atoms with Crippen LogP contribution in [0, 0.1) is 11.6 Å². The van der Waals surface area contributed by atoms with Gasteiger partial charge in [0.15, 0.2) is 23.1 Å². The average molecular weight is 404 g/mol. The molecular formula is C19H22F2N6O2. The van der Waals surface area contributed by atoms with Crippen molar-refractivity contribution in [2.24, 2.45) is 0 Å². The highest BCUT2D eigenvalue weighted by Gasteiger charge is 2.22. The summed E-state index contributed by atoms with van der Waals surface area (Å²) in [7, 11) is 1.46. The minimum atomic E-state index is -0.911. The maximum absolute atomic E-state index is 14.6. The quantitative estimate of drug-likeness (QED) is 0.600. The highest BCUT2D eigenvalue weighted by atomic mass is 19.1. The third kappa shape index (κ3) is 3.73. The SMILES string of the molecule is COc1cc2ncc(-c3nc(NC4CCCNC4)c(F)cc3F)n2nc1C(C)O. The zero-order chi connectivity index (χ0) is 20.5. The van der Waals surface area contributed by atoms with Crippen molar-refractivity contribution in [2.45, 2.75) is 31.9 Å². The largest absolute Gasteiger partial charge is 0.495 e. The second kappa shape index (κ2) is 7.88. The number of halogens is 2. The highest BCUT2D eigenvalue weighted by molar-refractivity contribution is 5.63. The number of aliphatic hydroxyl groups excluding tert-OH is 1. The van der Waals surface area contributed by atoms with Crippen molar-refractivity contribution in [1.29, 1.82) is 0 Å². The number of pyridine rings is 1. The van der Waals surface area contributed by atoms with Crippen LogP contribution in [0.4, 0.5) is 14.6 Å². The molecule has 0 radical (unpaired) electrons. The number of aromatic nitrogens is 4. The van der Waals surface area contributed by atoms with Crippen molar-refractivity contribution >= 4 is 11.5 Å². The molecule has 1 aliphatic heterocycles. The number of anilines is 1. The van der Waals surface area contributed by atoms with E-state index in [-0.39, 0.29) is 28.9 Å². The number of methoxy groups -OCH3 is 1. The van der Waals surface area contributed by atoms with Crippen LogP contribution in [0.1, 0.15) is 31.6 Å². The number of nitrogens with one attached hydrogen (secondary N) is 2. The molecule has 2 unspecified atom stereocenters. The van der Waals surface area contributed by atoms with E-state index >= 15 is 0 Å².